The van der Waals surface area contributed by atoms with E-state index in [2.05, 4.69) is 17.6 Å². The fraction of sp³-hybridized carbons (Fsp3) is 0.533. The van der Waals surface area contributed by atoms with E-state index in [1.807, 2.05) is 30.5 Å². The molecule has 1 aliphatic rings. The molecule has 0 aliphatic carbocycles. The molecule has 1 amide bonds. The minimum absolute atomic E-state index is 0.179. The summed E-state index contributed by atoms with van der Waals surface area (Å²) in [4.78, 5) is 13.8. The Morgan fingerprint density at radius 3 is 2.68 bits per heavy atom. The van der Waals surface area contributed by atoms with E-state index in [0.29, 0.717) is 0 Å². The minimum atomic E-state index is -0.198. The zero-order chi connectivity index (χ0) is 13.7. The van der Waals surface area contributed by atoms with E-state index < -0.39 is 0 Å². The number of para-hydroxylation sites is 1. The fourth-order valence-electron chi connectivity index (χ4n) is 2.65. The summed E-state index contributed by atoms with van der Waals surface area (Å²) in [7, 11) is 0. The van der Waals surface area contributed by atoms with Crippen molar-refractivity contribution in [2.24, 2.45) is 5.41 Å². The van der Waals surface area contributed by atoms with Crippen molar-refractivity contribution in [2.45, 2.75) is 31.1 Å². The maximum atomic E-state index is 12.6. The molecule has 0 unspecified atom stereocenters. The summed E-state index contributed by atoms with van der Waals surface area (Å²) in [5.74, 6) is 0.179. The first-order valence-corrected chi connectivity index (χ1v) is 8.09. The Kier molecular flexibility index (Phi) is 4.88. The summed E-state index contributed by atoms with van der Waals surface area (Å²) in [6.45, 7) is 3.99. The highest BCUT2D eigenvalue weighted by molar-refractivity contribution is 7.98. The van der Waals surface area contributed by atoms with Crippen molar-refractivity contribution in [3.63, 3.8) is 0 Å². The topological polar surface area (TPSA) is 41.1 Å². The van der Waals surface area contributed by atoms with Crippen molar-refractivity contribution < 1.29 is 4.79 Å². The molecule has 0 radical (unpaired) electrons. The number of amides is 1. The van der Waals surface area contributed by atoms with Crippen LogP contribution in [0.25, 0.3) is 0 Å². The van der Waals surface area contributed by atoms with Gasteiger partial charge >= 0.3 is 0 Å². The summed E-state index contributed by atoms with van der Waals surface area (Å²) in [5.41, 5.74) is 0.739. The second kappa shape index (κ2) is 6.44. The van der Waals surface area contributed by atoms with Crippen LogP contribution in [0.1, 0.15) is 26.2 Å². The normalized spacial score (nSPS) is 18.0. The molecule has 1 saturated heterocycles. The van der Waals surface area contributed by atoms with Gasteiger partial charge in [-0.3, -0.25) is 4.79 Å². The van der Waals surface area contributed by atoms with Gasteiger partial charge in [-0.05, 0) is 50.7 Å². The molecule has 4 heteroatoms. The highest BCUT2D eigenvalue weighted by Crippen LogP contribution is 2.35. The van der Waals surface area contributed by atoms with Crippen LogP contribution in [0.3, 0.4) is 0 Å². The third-order valence-electron chi connectivity index (χ3n) is 4.07. The van der Waals surface area contributed by atoms with Crippen LogP contribution in [0.15, 0.2) is 29.2 Å². The minimum Gasteiger partial charge on any atom is -0.325 e. The molecule has 0 saturated carbocycles. The first-order valence-electron chi connectivity index (χ1n) is 6.87. The molecule has 1 aromatic carbocycles. The second-order valence-corrected chi connectivity index (χ2v) is 5.89. The number of piperidine rings is 1. The average Bonchev–Trinajstić information content (AvgIpc) is 2.48. The first-order chi connectivity index (χ1) is 9.22. The second-order valence-electron chi connectivity index (χ2n) is 5.04. The molecule has 1 aromatic rings. The van der Waals surface area contributed by atoms with Gasteiger partial charge in [0.25, 0.3) is 0 Å². The van der Waals surface area contributed by atoms with Crippen molar-refractivity contribution in [3.05, 3.63) is 24.3 Å². The van der Waals surface area contributed by atoms with Crippen molar-refractivity contribution in [3.8, 4) is 0 Å². The molecule has 0 atom stereocenters. The Balaban J connectivity index is 2.15. The lowest BCUT2D eigenvalue weighted by molar-refractivity contribution is -0.127. The molecule has 3 nitrogen and oxygen atoms in total. The summed E-state index contributed by atoms with van der Waals surface area (Å²) in [6, 6.07) is 7.99. The Morgan fingerprint density at radius 1 is 1.37 bits per heavy atom. The number of anilines is 1. The predicted molar refractivity (Wildman–Crippen MR) is 81.7 cm³/mol. The summed E-state index contributed by atoms with van der Waals surface area (Å²) < 4.78 is 0. The van der Waals surface area contributed by atoms with E-state index in [1.165, 1.54) is 0 Å². The molecule has 19 heavy (non-hydrogen) atoms. The van der Waals surface area contributed by atoms with Crippen LogP contribution in [0, 0.1) is 5.41 Å². The molecule has 1 fully saturated rings. The van der Waals surface area contributed by atoms with Gasteiger partial charge in [0.1, 0.15) is 0 Å². The average molecular weight is 278 g/mol. The summed E-state index contributed by atoms with van der Waals surface area (Å²) in [6.07, 6.45) is 4.79. The van der Waals surface area contributed by atoms with E-state index in [9.17, 15) is 4.79 Å². The molecule has 2 rings (SSSR count). The number of rotatable bonds is 4. The standard InChI is InChI=1S/C15H22N2OS/c1-3-15(8-10-16-11-9-15)14(18)17-12-6-4-5-7-13(12)19-2/h4-7,16H,3,8-11H2,1-2H3,(H,17,18). The lowest BCUT2D eigenvalue weighted by atomic mass is 9.76. The van der Waals surface area contributed by atoms with Gasteiger partial charge in [0.2, 0.25) is 5.91 Å². The van der Waals surface area contributed by atoms with Gasteiger partial charge in [0.15, 0.2) is 0 Å². The van der Waals surface area contributed by atoms with Crippen LogP contribution in [-0.4, -0.2) is 25.3 Å². The molecule has 0 spiro atoms. The van der Waals surface area contributed by atoms with Crippen molar-refractivity contribution in [1.29, 1.82) is 0 Å². The van der Waals surface area contributed by atoms with Gasteiger partial charge in [-0.1, -0.05) is 19.1 Å². The van der Waals surface area contributed by atoms with Crippen molar-refractivity contribution in [2.75, 3.05) is 24.7 Å². The number of nitrogens with one attached hydrogen (secondary N) is 2. The number of carbonyl (C=O) groups is 1. The Bertz CT molecular complexity index is 442. The fourth-order valence-corrected chi connectivity index (χ4v) is 3.20. The highest BCUT2D eigenvalue weighted by Gasteiger charge is 2.37. The zero-order valence-corrected chi connectivity index (χ0v) is 12.5. The number of thioether (sulfide) groups is 1. The molecule has 2 N–H and O–H groups in total. The van der Waals surface area contributed by atoms with Crippen LogP contribution in [0.4, 0.5) is 5.69 Å². The van der Waals surface area contributed by atoms with Gasteiger partial charge in [0, 0.05) is 4.90 Å². The Labute approximate surface area is 119 Å². The third kappa shape index (κ3) is 3.12. The van der Waals surface area contributed by atoms with E-state index in [4.69, 9.17) is 0 Å². The van der Waals surface area contributed by atoms with E-state index >= 15 is 0 Å². The lowest BCUT2D eigenvalue weighted by Gasteiger charge is -2.35. The monoisotopic (exact) mass is 278 g/mol. The maximum Gasteiger partial charge on any atom is 0.230 e. The molecule has 104 valence electrons. The SMILES string of the molecule is CCC1(C(=O)Nc2ccccc2SC)CCNCC1. The molecular weight excluding hydrogens is 256 g/mol. The quantitative estimate of drug-likeness (QED) is 0.831. The van der Waals surface area contributed by atoms with Gasteiger partial charge in [-0.25, -0.2) is 0 Å². The Hall–Kier alpha value is -1.00. The van der Waals surface area contributed by atoms with Crippen LogP contribution < -0.4 is 10.6 Å². The smallest absolute Gasteiger partial charge is 0.230 e. The summed E-state index contributed by atoms with van der Waals surface area (Å²) in [5, 5.41) is 6.47. The number of carbonyl (C=O) groups excluding carboxylic acids is 1. The molecule has 1 heterocycles. The molecule has 0 aromatic heterocycles. The number of benzene rings is 1. The maximum absolute atomic E-state index is 12.6. The first kappa shape index (κ1) is 14.4. The lowest BCUT2D eigenvalue weighted by Crippen LogP contribution is -2.44. The van der Waals surface area contributed by atoms with Gasteiger partial charge < -0.3 is 10.6 Å². The summed E-state index contributed by atoms with van der Waals surface area (Å²) >= 11 is 1.66. The third-order valence-corrected chi connectivity index (χ3v) is 4.87. The molecule has 0 bridgehead atoms. The Morgan fingerprint density at radius 2 is 2.05 bits per heavy atom. The van der Waals surface area contributed by atoms with Crippen LogP contribution in [-0.2, 0) is 4.79 Å². The molecule has 1 aliphatic heterocycles. The van der Waals surface area contributed by atoms with Crippen LogP contribution in [0.2, 0.25) is 0 Å². The van der Waals surface area contributed by atoms with Gasteiger partial charge in [-0.2, -0.15) is 0 Å². The van der Waals surface area contributed by atoms with Gasteiger partial charge in [-0.15, -0.1) is 11.8 Å². The number of hydrogen-bond donors (Lipinski definition) is 2. The predicted octanol–water partition coefficient (Wildman–Crippen LogP) is 3.13. The largest absolute Gasteiger partial charge is 0.325 e. The van der Waals surface area contributed by atoms with E-state index in [-0.39, 0.29) is 11.3 Å². The van der Waals surface area contributed by atoms with Crippen molar-refractivity contribution >= 4 is 23.4 Å². The molecular formula is C15H22N2OS. The van der Waals surface area contributed by atoms with E-state index in [1.54, 1.807) is 11.8 Å². The van der Waals surface area contributed by atoms with Crippen LogP contribution in [0.5, 0.6) is 0 Å². The van der Waals surface area contributed by atoms with Gasteiger partial charge in [0.05, 0.1) is 11.1 Å². The highest BCUT2D eigenvalue weighted by atomic mass is 32.2. The van der Waals surface area contributed by atoms with Crippen molar-refractivity contribution in [1.82, 2.24) is 5.32 Å². The number of hydrogen-bond acceptors (Lipinski definition) is 3. The zero-order valence-electron chi connectivity index (χ0n) is 11.7. The van der Waals surface area contributed by atoms with E-state index in [0.717, 1.165) is 42.9 Å². The van der Waals surface area contributed by atoms with Crippen LogP contribution >= 0.6 is 11.8 Å².